The van der Waals surface area contributed by atoms with Crippen molar-refractivity contribution in [2.75, 3.05) is 0 Å². The zero-order valence-electron chi connectivity index (χ0n) is 9.80. The molecule has 0 aliphatic carbocycles. The van der Waals surface area contributed by atoms with Crippen molar-refractivity contribution in [3.8, 4) is 0 Å². The summed E-state index contributed by atoms with van der Waals surface area (Å²) in [5.74, 6) is -2.57. The van der Waals surface area contributed by atoms with Gasteiger partial charge in [-0.1, -0.05) is 17.7 Å². The molecule has 0 saturated carbocycles. The van der Waals surface area contributed by atoms with Gasteiger partial charge in [0.05, 0.1) is 0 Å². The second-order valence-corrected chi connectivity index (χ2v) is 4.10. The highest BCUT2D eigenvalue weighted by Gasteiger charge is 2.21. The lowest BCUT2D eigenvalue weighted by Gasteiger charge is -2.13. The third-order valence-corrected chi connectivity index (χ3v) is 2.44. The van der Waals surface area contributed by atoms with Crippen LogP contribution in [0.1, 0.15) is 23.3 Å². The second kappa shape index (κ2) is 6.69. The molecular formula is C11H12ClN3O4. The maximum Gasteiger partial charge on any atom is 0.326 e. The fraction of sp³-hybridized carbons (Fsp3) is 0.273. The van der Waals surface area contributed by atoms with Gasteiger partial charge in [-0.05, 0) is 18.6 Å². The Labute approximate surface area is 113 Å². The standard InChI is InChI=1S/C11H12ClN3O4/c12-8-3-1-2-6(14-8)10(17)15-7(11(18)19)4-5-9(13)16/h1-3,7H,4-5H2,(H2,13,16)(H,15,17)(H,18,19)/t7-/m1/s1. The van der Waals surface area contributed by atoms with Gasteiger partial charge in [-0.2, -0.15) is 0 Å². The number of rotatable bonds is 6. The molecule has 1 aromatic rings. The smallest absolute Gasteiger partial charge is 0.326 e. The lowest BCUT2D eigenvalue weighted by Crippen LogP contribution is -2.41. The number of nitrogens with one attached hydrogen (secondary N) is 1. The van der Waals surface area contributed by atoms with Gasteiger partial charge in [0, 0.05) is 6.42 Å². The van der Waals surface area contributed by atoms with Crippen molar-refractivity contribution in [1.29, 1.82) is 0 Å². The molecule has 0 unspecified atom stereocenters. The van der Waals surface area contributed by atoms with Crippen LogP contribution in [0.25, 0.3) is 0 Å². The number of aliphatic carboxylic acids is 1. The number of carbonyl (C=O) groups is 3. The molecule has 1 heterocycles. The molecule has 0 spiro atoms. The highest BCUT2D eigenvalue weighted by molar-refractivity contribution is 6.29. The fourth-order valence-corrected chi connectivity index (χ4v) is 1.47. The number of carboxylic acid groups (broad SMARTS) is 1. The van der Waals surface area contributed by atoms with E-state index < -0.39 is 23.8 Å². The molecule has 8 heteroatoms. The van der Waals surface area contributed by atoms with Crippen LogP contribution in [0.5, 0.6) is 0 Å². The van der Waals surface area contributed by atoms with E-state index in [-0.39, 0.29) is 23.7 Å². The van der Waals surface area contributed by atoms with Crippen molar-refractivity contribution in [3.05, 3.63) is 29.0 Å². The number of nitrogens with zero attached hydrogens (tertiary/aromatic N) is 1. The molecule has 0 aliphatic rings. The van der Waals surface area contributed by atoms with Crippen LogP contribution in [0.4, 0.5) is 0 Å². The molecule has 0 aromatic carbocycles. The van der Waals surface area contributed by atoms with E-state index in [1.54, 1.807) is 0 Å². The third kappa shape index (κ3) is 4.92. The van der Waals surface area contributed by atoms with Crippen molar-refractivity contribution in [1.82, 2.24) is 10.3 Å². The Balaban J connectivity index is 2.71. The van der Waals surface area contributed by atoms with Gasteiger partial charge in [0.15, 0.2) is 0 Å². The minimum Gasteiger partial charge on any atom is -0.480 e. The summed E-state index contributed by atoms with van der Waals surface area (Å²) in [4.78, 5) is 37.0. The molecule has 0 saturated heterocycles. The number of pyridine rings is 1. The Morgan fingerprint density at radius 2 is 2.11 bits per heavy atom. The molecule has 19 heavy (non-hydrogen) atoms. The highest BCUT2D eigenvalue weighted by atomic mass is 35.5. The zero-order chi connectivity index (χ0) is 14.4. The van der Waals surface area contributed by atoms with E-state index >= 15 is 0 Å². The van der Waals surface area contributed by atoms with E-state index in [0.29, 0.717) is 0 Å². The van der Waals surface area contributed by atoms with E-state index in [9.17, 15) is 14.4 Å². The maximum absolute atomic E-state index is 11.7. The number of carbonyl (C=O) groups excluding carboxylic acids is 2. The summed E-state index contributed by atoms with van der Waals surface area (Å²) in [6, 6.07) is 3.19. The molecule has 7 nitrogen and oxygen atoms in total. The summed E-state index contributed by atoms with van der Waals surface area (Å²) in [5.41, 5.74) is 4.93. The average Bonchev–Trinajstić information content (AvgIpc) is 2.33. The van der Waals surface area contributed by atoms with Crippen LogP contribution in [0.3, 0.4) is 0 Å². The number of hydrogen-bond acceptors (Lipinski definition) is 4. The molecule has 4 N–H and O–H groups in total. The van der Waals surface area contributed by atoms with Gasteiger partial charge < -0.3 is 16.2 Å². The van der Waals surface area contributed by atoms with Crippen LogP contribution >= 0.6 is 11.6 Å². The quantitative estimate of drug-likeness (QED) is 0.644. The molecule has 0 radical (unpaired) electrons. The Morgan fingerprint density at radius 3 is 2.63 bits per heavy atom. The lowest BCUT2D eigenvalue weighted by molar-refractivity contribution is -0.139. The molecule has 2 amide bonds. The van der Waals surface area contributed by atoms with E-state index in [0.717, 1.165) is 0 Å². The summed E-state index contributed by atoms with van der Waals surface area (Å²) >= 11 is 5.62. The zero-order valence-corrected chi connectivity index (χ0v) is 10.6. The van der Waals surface area contributed by atoms with Gasteiger partial charge in [-0.3, -0.25) is 9.59 Å². The van der Waals surface area contributed by atoms with Crippen molar-refractivity contribution in [2.45, 2.75) is 18.9 Å². The first-order chi connectivity index (χ1) is 8.90. The lowest BCUT2D eigenvalue weighted by atomic mass is 10.1. The molecule has 1 rings (SSSR count). The molecule has 1 atom stereocenters. The first kappa shape index (κ1) is 14.9. The summed E-state index contributed by atoms with van der Waals surface area (Å²) < 4.78 is 0. The van der Waals surface area contributed by atoms with Gasteiger partial charge in [-0.15, -0.1) is 0 Å². The predicted molar refractivity (Wildman–Crippen MR) is 66.6 cm³/mol. The van der Waals surface area contributed by atoms with Crippen LogP contribution < -0.4 is 11.1 Å². The first-order valence-corrected chi connectivity index (χ1v) is 5.72. The van der Waals surface area contributed by atoms with Crippen molar-refractivity contribution in [2.24, 2.45) is 5.73 Å². The molecule has 102 valence electrons. The van der Waals surface area contributed by atoms with Gasteiger partial charge in [0.25, 0.3) is 5.91 Å². The average molecular weight is 286 g/mol. The molecular weight excluding hydrogens is 274 g/mol. The van der Waals surface area contributed by atoms with Crippen LogP contribution in [0.15, 0.2) is 18.2 Å². The number of primary amides is 1. The Hall–Kier alpha value is -2.15. The summed E-state index contributed by atoms with van der Waals surface area (Å²) in [6.07, 6.45) is -0.225. The number of amides is 2. The van der Waals surface area contributed by atoms with E-state index in [2.05, 4.69) is 10.3 Å². The van der Waals surface area contributed by atoms with Crippen LogP contribution in [-0.4, -0.2) is 33.9 Å². The number of halogens is 1. The summed E-state index contributed by atoms with van der Waals surface area (Å²) in [7, 11) is 0. The second-order valence-electron chi connectivity index (χ2n) is 3.71. The predicted octanol–water partition coefficient (Wildman–Crippen LogP) is 0.183. The van der Waals surface area contributed by atoms with Crippen molar-refractivity contribution >= 4 is 29.4 Å². The number of aromatic nitrogens is 1. The number of nitrogens with two attached hydrogens (primary N) is 1. The Bertz CT molecular complexity index is 506. The van der Waals surface area contributed by atoms with Crippen LogP contribution in [-0.2, 0) is 9.59 Å². The topological polar surface area (TPSA) is 122 Å². The summed E-state index contributed by atoms with van der Waals surface area (Å²) in [5, 5.41) is 11.3. The number of hydrogen-bond donors (Lipinski definition) is 3. The third-order valence-electron chi connectivity index (χ3n) is 2.23. The van der Waals surface area contributed by atoms with E-state index in [1.807, 2.05) is 0 Å². The number of carboxylic acids is 1. The van der Waals surface area contributed by atoms with Gasteiger partial charge in [0.1, 0.15) is 16.9 Å². The van der Waals surface area contributed by atoms with E-state index in [4.69, 9.17) is 22.4 Å². The monoisotopic (exact) mass is 285 g/mol. The van der Waals surface area contributed by atoms with Crippen molar-refractivity contribution < 1.29 is 19.5 Å². The minimum atomic E-state index is -1.25. The van der Waals surface area contributed by atoms with Crippen LogP contribution in [0, 0.1) is 0 Å². The summed E-state index contributed by atoms with van der Waals surface area (Å²) in [6.45, 7) is 0. The molecule has 0 aliphatic heterocycles. The Morgan fingerprint density at radius 1 is 1.42 bits per heavy atom. The highest BCUT2D eigenvalue weighted by Crippen LogP contribution is 2.06. The molecule has 0 fully saturated rings. The SMILES string of the molecule is NC(=O)CC[C@@H](NC(=O)c1cccc(Cl)n1)C(=O)O. The van der Waals surface area contributed by atoms with Crippen LogP contribution in [0.2, 0.25) is 5.15 Å². The largest absolute Gasteiger partial charge is 0.480 e. The molecule has 1 aromatic heterocycles. The van der Waals surface area contributed by atoms with Gasteiger partial charge in [0.2, 0.25) is 5.91 Å². The van der Waals surface area contributed by atoms with Crippen molar-refractivity contribution in [3.63, 3.8) is 0 Å². The van der Waals surface area contributed by atoms with Gasteiger partial charge >= 0.3 is 5.97 Å². The minimum absolute atomic E-state index is 0.00201. The van der Waals surface area contributed by atoms with Gasteiger partial charge in [-0.25, -0.2) is 9.78 Å². The Kier molecular flexibility index (Phi) is 5.25. The molecule has 0 bridgehead atoms. The maximum atomic E-state index is 11.7. The van der Waals surface area contributed by atoms with E-state index in [1.165, 1.54) is 18.2 Å². The fourth-order valence-electron chi connectivity index (χ4n) is 1.31. The normalized spacial score (nSPS) is 11.6. The first-order valence-electron chi connectivity index (χ1n) is 5.34.